The van der Waals surface area contributed by atoms with Crippen molar-refractivity contribution in [3.8, 4) is 11.4 Å². The van der Waals surface area contributed by atoms with E-state index in [2.05, 4.69) is 14.9 Å². The molecule has 0 N–H and O–H groups in total. The van der Waals surface area contributed by atoms with Crippen LogP contribution in [-0.2, 0) is 11.0 Å². The number of halogens is 3. The van der Waals surface area contributed by atoms with Crippen molar-refractivity contribution in [1.82, 2.24) is 14.9 Å². The Morgan fingerprint density at radius 3 is 2.24 bits per heavy atom. The Hall–Kier alpha value is -3.68. The highest BCUT2D eigenvalue weighted by Gasteiger charge is 2.30. The number of carbonyl (C=O) groups excluding carboxylic acids is 1. The van der Waals surface area contributed by atoms with Crippen molar-refractivity contribution in [2.45, 2.75) is 13.1 Å². The maximum atomic E-state index is 12.8. The second kappa shape index (κ2) is 9.44. The number of piperazine rings is 1. The summed E-state index contributed by atoms with van der Waals surface area (Å²) in [6, 6.07) is 16.3. The second-order valence-corrected chi connectivity index (χ2v) is 7.82. The van der Waals surface area contributed by atoms with E-state index in [1.54, 1.807) is 17.1 Å². The molecule has 1 aliphatic rings. The SMILES string of the molecule is Cc1cc(N2CCN(C(=O)/C=C/c3ccccc3)CC2)nc(-c2ccc(C(F)(F)F)cc2)n1. The lowest BCUT2D eigenvalue weighted by Crippen LogP contribution is -2.48. The lowest BCUT2D eigenvalue weighted by molar-refractivity contribution is -0.137. The van der Waals surface area contributed by atoms with E-state index in [9.17, 15) is 18.0 Å². The molecule has 1 fully saturated rings. The molecule has 8 heteroatoms. The summed E-state index contributed by atoms with van der Waals surface area (Å²) in [4.78, 5) is 25.4. The molecule has 0 radical (unpaired) electrons. The average molecular weight is 452 g/mol. The molecule has 4 rings (SSSR count). The highest BCUT2D eigenvalue weighted by atomic mass is 19.4. The lowest BCUT2D eigenvalue weighted by atomic mass is 10.1. The van der Waals surface area contributed by atoms with Gasteiger partial charge < -0.3 is 9.80 Å². The van der Waals surface area contributed by atoms with Crippen molar-refractivity contribution in [3.63, 3.8) is 0 Å². The molecule has 0 aliphatic carbocycles. The molecule has 5 nitrogen and oxygen atoms in total. The molecule has 1 amide bonds. The van der Waals surface area contributed by atoms with E-state index in [1.807, 2.05) is 43.3 Å². The minimum atomic E-state index is -4.38. The number of aryl methyl sites for hydroxylation is 1. The van der Waals surface area contributed by atoms with Gasteiger partial charge in [0.25, 0.3) is 0 Å². The Morgan fingerprint density at radius 2 is 1.61 bits per heavy atom. The first kappa shape index (κ1) is 22.5. The van der Waals surface area contributed by atoms with Crippen LogP contribution < -0.4 is 4.90 Å². The van der Waals surface area contributed by atoms with Gasteiger partial charge in [0.1, 0.15) is 5.82 Å². The van der Waals surface area contributed by atoms with Gasteiger partial charge in [-0.1, -0.05) is 42.5 Å². The van der Waals surface area contributed by atoms with E-state index < -0.39 is 11.7 Å². The third-order valence-corrected chi connectivity index (χ3v) is 5.44. The molecule has 0 atom stereocenters. The van der Waals surface area contributed by atoms with Crippen LogP contribution in [0.5, 0.6) is 0 Å². The summed E-state index contributed by atoms with van der Waals surface area (Å²) in [5.41, 5.74) is 1.50. The Morgan fingerprint density at radius 1 is 0.939 bits per heavy atom. The Labute approximate surface area is 190 Å². The van der Waals surface area contributed by atoms with Crippen LogP contribution in [0.4, 0.5) is 19.0 Å². The number of hydrogen-bond acceptors (Lipinski definition) is 4. The van der Waals surface area contributed by atoms with Crippen LogP contribution in [0.25, 0.3) is 17.5 Å². The number of carbonyl (C=O) groups is 1. The molecule has 170 valence electrons. The molecule has 0 spiro atoms. The lowest BCUT2D eigenvalue weighted by Gasteiger charge is -2.35. The van der Waals surface area contributed by atoms with E-state index in [0.717, 1.165) is 23.4 Å². The smallest absolute Gasteiger partial charge is 0.353 e. The average Bonchev–Trinajstić information content (AvgIpc) is 2.82. The van der Waals surface area contributed by atoms with Gasteiger partial charge in [-0.2, -0.15) is 13.2 Å². The zero-order chi connectivity index (χ0) is 23.4. The predicted molar refractivity (Wildman–Crippen MR) is 121 cm³/mol. The van der Waals surface area contributed by atoms with Gasteiger partial charge >= 0.3 is 6.18 Å². The molecule has 1 aromatic heterocycles. The van der Waals surface area contributed by atoms with E-state index >= 15 is 0 Å². The quantitative estimate of drug-likeness (QED) is 0.532. The summed E-state index contributed by atoms with van der Waals surface area (Å²) < 4.78 is 38.5. The Kier molecular flexibility index (Phi) is 6.44. The van der Waals surface area contributed by atoms with Crippen molar-refractivity contribution in [2.24, 2.45) is 0 Å². The van der Waals surface area contributed by atoms with Gasteiger partial charge in [-0.3, -0.25) is 4.79 Å². The first-order chi connectivity index (χ1) is 15.8. The molecule has 2 aromatic carbocycles. The maximum absolute atomic E-state index is 12.8. The number of nitrogens with zero attached hydrogens (tertiary/aromatic N) is 4. The van der Waals surface area contributed by atoms with Crippen molar-refractivity contribution >= 4 is 17.8 Å². The maximum Gasteiger partial charge on any atom is 0.416 e. The van der Waals surface area contributed by atoms with Crippen LogP contribution in [0.2, 0.25) is 0 Å². The van der Waals surface area contributed by atoms with Gasteiger partial charge in [-0.25, -0.2) is 9.97 Å². The van der Waals surface area contributed by atoms with Crippen LogP contribution >= 0.6 is 0 Å². The molecule has 2 heterocycles. The minimum absolute atomic E-state index is 0.0391. The van der Waals surface area contributed by atoms with Crippen LogP contribution in [-0.4, -0.2) is 47.0 Å². The van der Waals surface area contributed by atoms with Gasteiger partial charge in [-0.15, -0.1) is 0 Å². The van der Waals surface area contributed by atoms with Gasteiger partial charge in [0.15, 0.2) is 5.82 Å². The standard InChI is InChI=1S/C25H23F3N4O/c1-18-17-22(30-24(29-18)20-8-10-21(11-9-20)25(26,27)28)31-13-15-32(16-14-31)23(33)12-7-19-5-3-2-4-6-19/h2-12,17H,13-16H2,1H3/b12-7+. The number of anilines is 1. The molecule has 33 heavy (non-hydrogen) atoms. The molecule has 0 saturated carbocycles. The first-order valence-corrected chi connectivity index (χ1v) is 10.6. The third kappa shape index (κ3) is 5.58. The molecule has 0 unspecified atom stereocenters. The highest BCUT2D eigenvalue weighted by Crippen LogP contribution is 2.30. The van der Waals surface area contributed by atoms with Crippen LogP contribution in [0.15, 0.2) is 66.7 Å². The van der Waals surface area contributed by atoms with Gasteiger partial charge in [0.2, 0.25) is 5.91 Å². The number of aromatic nitrogens is 2. The van der Waals surface area contributed by atoms with Crippen molar-refractivity contribution < 1.29 is 18.0 Å². The normalized spacial score (nSPS) is 14.7. The fourth-order valence-corrected chi connectivity index (χ4v) is 3.64. The topological polar surface area (TPSA) is 49.3 Å². The number of alkyl halides is 3. The fourth-order valence-electron chi connectivity index (χ4n) is 3.64. The van der Waals surface area contributed by atoms with E-state index in [0.29, 0.717) is 43.4 Å². The summed E-state index contributed by atoms with van der Waals surface area (Å²) in [6.07, 6.45) is -0.994. The first-order valence-electron chi connectivity index (χ1n) is 10.6. The number of benzene rings is 2. The van der Waals surface area contributed by atoms with Crippen molar-refractivity contribution in [2.75, 3.05) is 31.1 Å². The van der Waals surface area contributed by atoms with Crippen LogP contribution in [0.3, 0.4) is 0 Å². The molecular weight excluding hydrogens is 429 g/mol. The Bertz CT molecular complexity index is 1140. The third-order valence-electron chi connectivity index (χ3n) is 5.44. The highest BCUT2D eigenvalue weighted by molar-refractivity contribution is 5.92. The monoisotopic (exact) mass is 452 g/mol. The summed E-state index contributed by atoms with van der Waals surface area (Å²) in [7, 11) is 0. The molecule has 0 bridgehead atoms. The minimum Gasteiger partial charge on any atom is -0.353 e. The molecule has 1 saturated heterocycles. The summed E-state index contributed by atoms with van der Waals surface area (Å²) in [5, 5.41) is 0. The van der Waals surface area contributed by atoms with Crippen LogP contribution in [0, 0.1) is 6.92 Å². The van der Waals surface area contributed by atoms with E-state index in [1.165, 1.54) is 12.1 Å². The zero-order valence-corrected chi connectivity index (χ0v) is 18.1. The zero-order valence-electron chi connectivity index (χ0n) is 18.1. The fraction of sp³-hybridized carbons (Fsp3) is 0.240. The second-order valence-electron chi connectivity index (χ2n) is 7.82. The van der Waals surface area contributed by atoms with Crippen molar-refractivity contribution in [3.05, 3.63) is 83.6 Å². The van der Waals surface area contributed by atoms with E-state index in [4.69, 9.17) is 0 Å². The van der Waals surface area contributed by atoms with Gasteiger partial charge in [0, 0.05) is 49.6 Å². The number of hydrogen-bond donors (Lipinski definition) is 0. The molecule has 3 aromatic rings. The Balaban J connectivity index is 1.43. The van der Waals surface area contributed by atoms with Crippen molar-refractivity contribution in [1.29, 1.82) is 0 Å². The summed E-state index contributed by atoms with van der Waals surface area (Å²) in [5.74, 6) is 1.04. The number of amides is 1. The van der Waals surface area contributed by atoms with E-state index in [-0.39, 0.29) is 5.91 Å². The predicted octanol–water partition coefficient (Wildman–Crippen LogP) is 4.83. The molecular formula is C25H23F3N4O. The van der Waals surface area contributed by atoms with Crippen LogP contribution in [0.1, 0.15) is 16.8 Å². The van der Waals surface area contributed by atoms with Gasteiger partial charge in [0.05, 0.1) is 5.56 Å². The number of rotatable bonds is 4. The summed E-state index contributed by atoms with van der Waals surface area (Å²) >= 11 is 0. The molecule has 1 aliphatic heterocycles. The summed E-state index contributed by atoms with van der Waals surface area (Å²) in [6.45, 7) is 4.14. The largest absolute Gasteiger partial charge is 0.416 e. The van der Waals surface area contributed by atoms with Gasteiger partial charge in [-0.05, 0) is 30.7 Å².